The molecule has 2 aromatic rings. The van der Waals surface area contributed by atoms with Gasteiger partial charge in [-0.1, -0.05) is 49.4 Å². The number of methoxy groups -OCH3 is 1. The zero-order valence-electron chi connectivity index (χ0n) is 15.0. The van der Waals surface area contributed by atoms with E-state index in [0.717, 1.165) is 18.1 Å². The zero-order chi connectivity index (χ0) is 18.1. The van der Waals surface area contributed by atoms with E-state index in [-0.39, 0.29) is 5.97 Å². The molecule has 0 fully saturated rings. The number of esters is 1. The molecular weight excluding hydrogens is 314 g/mol. The normalized spacial score (nSPS) is 12.4. The summed E-state index contributed by atoms with van der Waals surface area (Å²) in [5.74, 6) is 0.811. The lowest BCUT2D eigenvalue weighted by Gasteiger charge is -2.16. The van der Waals surface area contributed by atoms with E-state index in [0.29, 0.717) is 18.0 Å². The summed E-state index contributed by atoms with van der Waals surface area (Å²) in [4.78, 5) is 15.7. The van der Waals surface area contributed by atoms with Crippen molar-refractivity contribution in [1.82, 2.24) is 10.6 Å². The summed E-state index contributed by atoms with van der Waals surface area (Å²) in [6.45, 7) is 3.60. The van der Waals surface area contributed by atoms with Gasteiger partial charge in [0.15, 0.2) is 5.96 Å². The van der Waals surface area contributed by atoms with Crippen LogP contribution in [-0.2, 0) is 11.3 Å². The quantitative estimate of drug-likeness (QED) is 0.482. The van der Waals surface area contributed by atoms with Gasteiger partial charge in [-0.3, -0.25) is 4.99 Å². The van der Waals surface area contributed by atoms with Crippen LogP contribution in [-0.4, -0.2) is 32.6 Å². The van der Waals surface area contributed by atoms with Crippen molar-refractivity contribution in [2.45, 2.75) is 19.4 Å². The Balaban J connectivity index is 1.83. The summed E-state index contributed by atoms with van der Waals surface area (Å²) in [7, 11) is 3.13. The molecular formula is C20H25N3O2. The van der Waals surface area contributed by atoms with Gasteiger partial charge in [0.25, 0.3) is 0 Å². The molecule has 0 aromatic heterocycles. The van der Waals surface area contributed by atoms with Gasteiger partial charge in [-0.25, -0.2) is 4.79 Å². The molecule has 5 nitrogen and oxygen atoms in total. The highest BCUT2D eigenvalue weighted by molar-refractivity contribution is 5.89. The van der Waals surface area contributed by atoms with E-state index < -0.39 is 0 Å². The Labute approximate surface area is 149 Å². The molecule has 0 bridgehead atoms. The summed E-state index contributed by atoms with van der Waals surface area (Å²) in [5.41, 5.74) is 2.90. The largest absolute Gasteiger partial charge is 0.465 e. The standard InChI is InChI=1S/C20H25N3O2/c1-15(17-7-5-4-6-8-17)13-22-20(21-2)23-14-16-9-11-18(12-10-16)19(24)25-3/h4-12,15H,13-14H2,1-3H3,(H2,21,22,23). The highest BCUT2D eigenvalue weighted by Gasteiger charge is 2.07. The van der Waals surface area contributed by atoms with Crippen molar-refractivity contribution in [1.29, 1.82) is 0 Å². The fourth-order valence-electron chi connectivity index (χ4n) is 2.43. The molecule has 25 heavy (non-hydrogen) atoms. The van der Waals surface area contributed by atoms with Crippen molar-refractivity contribution >= 4 is 11.9 Å². The van der Waals surface area contributed by atoms with E-state index in [1.807, 2.05) is 18.2 Å². The van der Waals surface area contributed by atoms with E-state index in [1.54, 1.807) is 19.2 Å². The molecule has 0 heterocycles. The summed E-state index contributed by atoms with van der Waals surface area (Å²) in [5, 5.41) is 6.62. The maximum absolute atomic E-state index is 11.4. The van der Waals surface area contributed by atoms with E-state index in [9.17, 15) is 4.79 Å². The molecule has 0 aliphatic heterocycles. The zero-order valence-corrected chi connectivity index (χ0v) is 15.0. The predicted molar refractivity (Wildman–Crippen MR) is 101 cm³/mol. The summed E-state index contributed by atoms with van der Waals surface area (Å²) in [6, 6.07) is 17.7. The molecule has 0 aliphatic rings. The molecule has 1 atom stereocenters. The summed E-state index contributed by atoms with van der Waals surface area (Å²) in [6.07, 6.45) is 0. The number of ether oxygens (including phenoxy) is 1. The molecule has 2 N–H and O–H groups in total. The first kappa shape index (κ1) is 18.5. The number of benzene rings is 2. The van der Waals surface area contributed by atoms with Crippen LogP contribution in [0.3, 0.4) is 0 Å². The van der Waals surface area contributed by atoms with Crippen molar-refractivity contribution in [2.24, 2.45) is 4.99 Å². The first-order valence-corrected chi connectivity index (χ1v) is 8.30. The SMILES string of the molecule is CN=C(NCc1ccc(C(=O)OC)cc1)NCC(C)c1ccccc1. The van der Waals surface area contributed by atoms with Crippen LogP contribution in [0.4, 0.5) is 0 Å². The molecule has 2 aromatic carbocycles. The monoisotopic (exact) mass is 339 g/mol. The molecule has 5 heteroatoms. The second-order valence-electron chi connectivity index (χ2n) is 5.81. The van der Waals surface area contributed by atoms with E-state index in [1.165, 1.54) is 12.7 Å². The predicted octanol–water partition coefficient (Wildman–Crippen LogP) is 2.94. The van der Waals surface area contributed by atoms with Crippen LogP contribution in [0.1, 0.15) is 34.3 Å². The maximum atomic E-state index is 11.4. The van der Waals surface area contributed by atoms with E-state index in [4.69, 9.17) is 4.74 Å². The fraction of sp³-hybridized carbons (Fsp3) is 0.300. The van der Waals surface area contributed by atoms with Crippen molar-refractivity contribution in [2.75, 3.05) is 20.7 Å². The molecule has 0 spiro atoms. The molecule has 0 aliphatic carbocycles. The first-order valence-electron chi connectivity index (χ1n) is 8.30. The van der Waals surface area contributed by atoms with Crippen LogP contribution in [0, 0.1) is 0 Å². The van der Waals surface area contributed by atoms with Gasteiger partial charge in [0.05, 0.1) is 12.7 Å². The molecule has 1 unspecified atom stereocenters. The first-order chi connectivity index (χ1) is 12.1. The Kier molecular flexibility index (Phi) is 7.01. The number of carbonyl (C=O) groups is 1. The minimum Gasteiger partial charge on any atom is -0.465 e. The highest BCUT2D eigenvalue weighted by Crippen LogP contribution is 2.12. The third-order valence-corrected chi connectivity index (χ3v) is 4.00. The smallest absolute Gasteiger partial charge is 0.337 e. The lowest BCUT2D eigenvalue weighted by atomic mass is 10.0. The number of rotatable bonds is 6. The Morgan fingerprint density at radius 2 is 1.76 bits per heavy atom. The minimum atomic E-state index is -0.327. The summed E-state index contributed by atoms with van der Waals surface area (Å²) >= 11 is 0. The number of hydrogen-bond acceptors (Lipinski definition) is 3. The van der Waals surface area contributed by atoms with Crippen LogP contribution in [0.5, 0.6) is 0 Å². The topological polar surface area (TPSA) is 62.7 Å². The second-order valence-corrected chi connectivity index (χ2v) is 5.81. The van der Waals surface area contributed by atoms with Crippen LogP contribution in [0.15, 0.2) is 59.6 Å². The fourth-order valence-corrected chi connectivity index (χ4v) is 2.43. The summed E-state index contributed by atoms with van der Waals surface area (Å²) < 4.78 is 4.70. The maximum Gasteiger partial charge on any atom is 0.337 e. The van der Waals surface area contributed by atoms with Crippen LogP contribution in [0.25, 0.3) is 0 Å². The Morgan fingerprint density at radius 1 is 1.08 bits per heavy atom. The number of guanidine groups is 1. The third-order valence-electron chi connectivity index (χ3n) is 4.00. The lowest BCUT2D eigenvalue weighted by Crippen LogP contribution is -2.38. The van der Waals surface area contributed by atoms with Crippen molar-refractivity contribution in [3.05, 3.63) is 71.3 Å². The number of hydrogen-bond donors (Lipinski definition) is 2. The third kappa shape index (κ3) is 5.64. The molecule has 2 rings (SSSR count). The molecule has 0 radical (unpaired) electrons. The number of carbonyl (C=O) groups excluding carboxylic acids is 1. The average Bonchev–Trinajstić information content (AvgIpc) is 2.68. The van der Waals surface area contributed by atoms with Gasteiger partial charge in [0.1, 0.15) is 0 Å². The van der Waals surface area contributed by atoms with Crippen LogP contribution >= 0.6 is 0 Å². The van der Waals surface area contributed by atoms with Crippen LogP contribution < -0.4 is 10.6 Å². The Hall–Kier alpha value is -2.82. The number of nitrogens with zero attached hydrogens (tertiary/aromatic N) is 1. The van der Waals surface area contributed by atoms with Gasteiger partial charge in [-0.15, -0.1) is 0 Å². The van der Waals surface area contributed by atoms with Gasteiger partial charge < -0.3 is 15.4 Å². The van der Waals surface area contributed by atoms with E-state index in [2.05, 4.69) is 46.8 Å². The lowest BCUT2D eigenvalue weighted by molar-refractivity contribution is 0.0600. The van der Waals surface area contributed by atoms with Gasteiger partial charge >= 0.3 is 5.97 Å². The van der Waals surface area contributed by atoms with Crippen molar-refractivity contribution in [3.8, 4) is 0 Å². The van der Waals surface area contributed by atoms with Gasteiger partial charge in [0.2, 0.25) is 0 Å². The highest BCUT2D eigenvalue weighted by atomic mass is 16.5. The average molecular weight is 339 g/mol. The van der Waals surface area contributed by atoms with Gasteiger partial charge in [-0.05, 0) is 29.2 Å². The Bertz CT molecular complexity index is 697. The van der Waals surface area contributed by atoms with Gasteiger partial charge in [-0.2, -0.15) is 0 Å². The van der Waals surface area contributed by atoms with E-state index >= 15 is 0 Å². The number of aliphatic imine (C=N–C) groups is 1. The second kappa shape index (κ2) is 9.47. The van der Waals surface area contributed by atoms with Crippen LogP contribution in [0.2, 0.25) is 0 Å². The van der Waals surface area contributed by atoms with Crippen molar-refractivity contribution < 1.29 is 9.53 Å². The molecule has 0 saturated carbocycles. The Morgan fingerprint density at radius 3 is 2.36 bits per heavy atom. The molecule has 0 saturated heterocycles. The van der Waals surface area contributed by atoms with Gasteiger partial charge in [0, 0.05) is 20.1 Å². The van der Waals surface area contributed by atoms with Crippen molar-refractivity contribution in [3.63, 3.8) is 0 Å². The minimum absolute atomic E-state index is 0.327. The molecule has 0 amide bonds. The molecule has 132 valence electrons. The number of nitrogens with one attached hydrogen (secondary N) is 2.